The summed E-state index contributed by atoms with van der Waals surface area (Å²) >= 11 is 0. The number of nitrogens with zero attached hydrogens (tertiary/aromatic N) is 2. The first-order chi connectivity index (χ1) is 11.2. The molecule has 1 aliphatic rings. The molecule has 2 heterocycles. The van der Waals surface area contributed by atoms with Gasteiger partial charge in [-0.3, -0.25) is 9.89 Å². The van der Waals surface area contributed by atoms with Crippen LogP contribution in [0.2, 0.25) is 0 Å². The normalized spacial score (nSPS) is 18.0. The zero-order chi connectivity index (χ0) is 16.2. The van der Waals surface area contributed by atoms with Gasteiger partial charge in [0.1, 0.15) is 11.4 Å². The third kappa shape index (κ3) is 3.38. The van der Waals surface area contributed by atoms with Gasteiger partial charge >= 0.3 is 0 Å². The molecular weight excluding hydrogens is 290 g/mol. The summed E-state index contributed by atoms with van der Waals surface area (Å²) in [4.78, 5) is 14.6. The Kier molecular flexibility index (Phi) is 4.65. The third-order valence-corrected chi connectivity index (χ3v) is 4.33. The largest absolute Gasteiger partial charge is 0.494 e. The summed E-state index contributed by atoms with van der Waals surface area (Å²) in [6.45, 7) is 5.55. The molecule has 0 saturated carbocycles. The Balaban J connectivity index is 1.75. The number of aromatic amines is 1. The summed E-state index contributed by atoms with van der Waals surface area (Å²) in [7, 11) is 0. The number of ether oxygens (including phenoxy) is 1. The highest BCUT2D eigenvalue weighted by molar-refractivity contribution is 5.93. The van der Waals surface area contributed by atoms with E-state index >= 15 is 0 Å². The predicted molar refractivity (Wildman–Crippen MR) is 89.5 cm³/mol. The van der Waals surface area contributed by atoms with E-state index in [0.29, 0.717) is 18.3 Å². The van der Waals surface area contributed by atoms with Gasteiger partial charge in [-0.25, -0.2) is 0 Å². The second kappa shape index (κ2) is 6.86. The van der Waals surface area contributed by atoms with E-state index in [9.17, 15) is 4.79 Å². The van der Waals surface area contributed by atoms with Crippen molar-refractivity contribution in [3.05, 3.63) is 36.0 Å². The summed E-state index contributed by atoms with van der Waals surface area (Å²) in [5.41, 5.74) is 2.30. The fourth-order valence-corrected chi connectivity index (χ4v) is 3.02. The molecule has 5 heteroatoms. The Bertz CT molecular complexity index is 663. The van der Waals surface area contributed by atoms with Crippen LogP contribution in [0.3, 0.4) is 0 Å². The van der Waals surface area contributed by atoms with Crippen LogP contribution in [0.15, 0.2) is 30.3 Å². The lowest BCUT2D eigenvalue weighted by Gasteiger charge is -2.32. The molecule has 1 saturated heterocycles. The summed E-state index contributed by atoms with van der Waals surface area (Å²) in [5, 5.41) is 7.18. The molecule has 0 aliphatic carbocycles. The number of benzene rings is 1. The average molecular weight is 313 g/mol. The van der Waals surface area contributed by atoms with Crippen molar-refractivity contribution in [1.82, 2.24) is 15.1 Å². The first-order valence-corrected chi connectivity index (χ1v) is 8.28. The highest BCUT2D eigenvalue weighted by Crippen LogP contribution is 2.23. The van der Waals surface area contributed by atoms with E-state index in [1.165, 1.54) is 6.42 Å². The van der Waals surface area contributed by atoms with E-state index in [2.05, 4.69) is 17.1 Å². The van der Waals surface area contributed by atoms with E-state index in [1.54, 1.807) is 0 Å². The van der Waals surface area contributed by atoms with Gasteiger partial charge in [0.15, 0.2) is 0 Å². The van der Waals surface area contributed by atoms with Crippen LogP contribution in [-0.4, -0.2) is 40.2 Å². The number of aromatic nitrogens is 2. The third-order valence-electron chi connectivity index (χ3n) is 4.33. The van der Waals surface area contributed by atoms with Gasteiger partial charge < -0.3 is 9.64 Å². The molecule has 2 aromatic rings. The number of carbonyl (C=O) groups excluding carboxylic acids is 1. The maximum Gasteiger partial charge on any atom is 0.272 e. The van der Waals surface area contributed by atoms with Crippen LogP contribution >= 0.6 is 0 Å². The maximum atomic E-state index is 12.6. The van der Waals surface area contributed by atoms with Crippen LogP contribution in [0.4, 0.5) is 0 Å². The molecule has 0 unspecified atom stereocenters. The molecular formula is C18H23N3O2. The van der Waals surface area contributed by atoms with Gasteiger partial charge in [0, 0.05) is 18.2 Å². The molecule has 1 aromatic carbocycles. The zero-order valence-electron chi connectivity index (χ0n) is 13.7. The quantitative estimate of drug-likeness (QED) is 0.940. The van der Waals surface area contributed by atoms with Crippen LogP contribution < -0.4 is 4.74 Å². The summed E-state index contributed by atoms with van der Waals surface area (Å²) < 4.78 is 5.44. The van der Waals surface area contributed by atoms with Crippen LogP contribution in [0.25, 0.3) is 11.3 Å². The van der Waals surface area contributed by atoms with Gasteiger partial charge in [0.05, 0.1) is 12.3 Å². The molecule has 1 aliphatic heterocycles. The summed E-state index contributed by atoms with van der Waals surface area (Å²) in [5.74, 6) is 0.882. The number of nitrogens with one attached hydrogen (secondary N) is 1. The molecule has 1 aromatic heterocycles. The highest BCUT2D eigenvalue weighted by Gasteiger charge is 2.25. The van der Waals surface area contributed by atoms with Gasteiger partial charge in [-0.05, 0) is 63.4 Å². The van der Waals surface area contributed by atoms with E-state index < -0.39 is 0 Å². The van der Waals surface area contributed by atoms with Crippen LogP contribution in [0, 0.1) is 0 Å². The fraction of sp³-hybridized carbons (Fsp3) is 0.444. The number of piperidine rings is 1. The Labute approximate surface area is 136 Å². The molecule has 3 rings (SSSR count). The molecule has 1 amide bonds. The second-order valence-electron chi connectivity index (χ2n) is 5.97. The van der Waals surface area contributed by atoms with Gasteiger partial charge in [-0.15, -0.1) is 0 Å². The Morgan fingerprint density at radius 3 is 2.83 bits per heavy atom. The average Bonchev–Trinajstić information content (AvgIpc) is 3.06. The van der Waals surface area contributed by atoms with Gasteiger partial charge in [-0.1, -0.05) is 0 Å². The number of H-pyrrole nitrogens is 1. The molecule has 122 valence electrons. The van der Waals surface area contributed by atoms with Crippen LogP contribution in [0.5, 0.6) is 5.75 Å². The molecule has 0 radical (unpaired) electrons. The zero-order valence-corrected chi connectivity index (χ0v) is 13.7. The standard InChI is InChI=1S/C18H23N3O2/c1-3-23-15-9-7-14(8-10-15)16-12-17(20-19-16)18(22)21-11-5-4-6-13(21)2/h7-10,12-13H,3-6,11H2,1-2H3,(H,19,20)/t13-/m1/s1. The van der Waals surface area contributed by atoms with Crippen molar-refractivity contribution in [3.63, 3.8) is 0 Å². The summed E-state index contributed by atoms with van der Waals surface area (Å²) in [6, 6.07) is 9.88. The van der Waals surface area contributed by atoms with Crippen molar-refractivity contribution < 1.29 is 9.53 Å². The molecule has 1 N–H and O–H groups in total. The molecule has 23 heavy (non-hydrogen) atoms. The Morgan fingerprint density at radius 1 is 1.35 bits per heavy atom. The molecule has 5 nitrogen and oxygen atoms in total. The van der Waals surface area contributed by atoms with Crippen molar-refractivity contribution >= 4 is 5.91 Å². The van der Waals surface area contributed by atoms with E-state index in [1.807, 2.05) is 42.2 Å². The fourth-order valence-electron chi connectivity index (χ4n) is 3.02. The molecule has 0 spiro atoms. The smallest absolute Gasteiger partial charge is 0.272 e. The first-order valence-electron chi connectivity index (χ1n) is 8.28. The second-order valence-corrected chi connectivity index (χ2v) is 5.97. The van der Waals surface area contributed by atoms with Crippen molar-refractivity contribution in [3.8, 4) is 17.0 Å². The van der Waals surface area contributed by atoms with Crippen LogP contribution in [0.1, 0.15) is 43.6 Å². The van der Waals surface area contributed by atoms with Crippen molar-refractivity contribution in [1.29, 1.82) is 0 Å². The minimum atomic E-state index is 0.0434. The molecule has 1 fully saturated rings. The minimum absolute atomic E-state index is 0.0434. The number of hydrogen-bond donors (Lipinski definition) is 1. The lowest BCUT2D eigenvalue weighted by molar-refractivity contribution is 0.0629. The van der Waals surface area contributed by atoms with Gasteiger partial charge in [0.2, 0.25) is 0 Å². The lowest BCUT2D eigenvalue weighted by atomic mass is 10.0. The van der Waals surface area contributed by atoms with Gasteiger partial charge in [0.25, 0.3) is 5.91 Å². The van der Waals surface area contributed by atoms with E-state index in [-0.39, 0.29) is 5.91 Å². The van der Waals surface area contributed by atoms with Crippen molar-refractivity contribution in [2.45, 2.75) is 39.2 Å². The SMILES string of the molecule is CCOc1ccc(-c2cc(C(=O)N3CCCC[C@H]3C)[nH]n2)cc1. The Morgan fingerprint density at radius 2 is 2.13 bits per heavy atom. The van der Waals surface area contributed by atoms with E-state index in [4.69, 9.17) is 4.74 Å². The van der Waals surface area contributed by atoms with Crippen LogP contribution in [-0.2, 0) is 0 Å². The topological polar surface area (TPSA) is 58.2 Å². The number of rotatable bonds is 4. The Hall–Kier alpha value is -2.30. The minimum Gasteiger partial charge on any atom is -0.494 e. The highest BCUT2D eigenvalue weighted by atomic mass is 16.5. The predicted octanol–water partition coefficient (Wildman–Crippen LogP) is 3.49. The number of amides is 1. The monoisotopic (exact) mass is 313 g/mol. The number of likely N-dealkylation sites (tertiary alicyclic amines) is 1. The molecule has 0 bridgehead atoms. The van der Waals surface area contributed by atoms with Crippen molar-refractivity contribution in [2.24, 2.45) is 0 Å². The first kappa shape index (κ1) is 15.6. The van der Waals surface area contributed by atoms with Crippen molar-refractivity contribution in [2.75, 3.05) is 13.2 Å². The lowest BCUT2D eigenvalue weighted by Crippen LogP contribution is -2.42. The molecule has 1 atom stereocenters. The number of carbonyl (C=O) groups is 1. The number of hydrogen-bond acceptors (Lipinski definition) is 3. The van der Waals surface area contributed by atoms with Gasteiger partial charge in [-0.2, -0.15) is 5.10 Å². The maximum absolute atomic E-state index is 12.6. The summed E-state index contributed by atoms with van der Waals surface area (Å²) in [6.07, 6.45) is 3.35. The van der Waals surface area contributed by atoms with E-state index in [0.717, 1.165) is 36.4 Å².